The highest BCUT2D eigenvalue weighted by atomic mass is 32.2. The van der Waals surface area contributed by atoms with E-state index in [0.717, 1.165) is 16.8 Å². The van der Waals surface area contributed by atoms with E-state index in [9.17, 15) is 13.2 Å². The summed E-state index contributed by atoms with van der Waals surface area (Å²) in [6.45, 7) is 5.96. The number of sulfonamides is 1. The summed E-state index contributed by atoms with van der Waals surface area (Å²) in [6.07, 6.45) is 0.565. The van der Waals surface area contributed by atoms with Crippen LogP contribution >= 0.6 is 0 Å². The monoisotopic (exact) mass is 434 g/mol. The highest BCUT2D eigenvalue weighted by Crippen LogP contribution is 2.37. The van der Waals surface area contributed by atoms with Gasteiger partial charge in [-0.25, -0.2) is 8.42 Å². The molecule has 0 spiro atoms. The second-order valence-corrected chi connectivity index (χ2v) is 9.96. The van der Waals surface area contributed by atoms with Crippen molar-refractivity contribution in [3.05, 3.63) is 89.0 Å². The SMILES string of the molecule is Cc1ccc(N(C)C(=O)c2ccc3c(c2)CC(C)N3S(=O)(=O)c2ccccc2)cc1C. The molecule has 6 heteroatoms. The van der Waals surface area contributed by atoms with Gasteiger partial charge in [0.25, 0.3) is 15.9 Å². The van der Waals surface area contributed by atoms with Gasteiger partial charge in [0.15, 0.2) is 0 Å². The van der Waals surface area contributed by atoms with Crippen molar-refractivity contribution in [1.29, 1.82) is 0 Å². The predicted octanol–water partition coefficient (Wildman–Crippen LogP) is 4.72. The maximum atomic E-state index is 13.2. The quantitative estimate of drug-likeness (QED) is 0.597. The minimum Gasteiger partial charge on any atom is -0.311 e. The lowest BCUT2D eigenvalue weighted by atomic mass is 10.1. The first-order chi connectivity index (χ1) is 14.7. The highest BCUT2D eigenvalue weighted by Gasteiger charge is 2.36. The van der Waals surface area contributed by atoms with Gasteiger partial charge >= 0.3 is 0 Å². The first kappa shape index (κ1) is 21.1. The molecule has 3 aromatic carbocycles. The van der Waals surface area contributed by atoms with Gasteiger partial charge in [-0.05, 0) is 86.3 Å². The number of hydrogen-bond donors (Lipinski definition) is 0. The smallest absolute Gasteiger partial charge is 0.264 e. The van der Waals surface area contributed by atoms with Gasteiger partial charge < -0.3 is 4.90 Å². The summed E-state index contributed by atoms with van der Waals surface area (Å²) in [7, 11) is -1.91. The van der Waals surface area contributed by atoms with Crippen LogP contribution in [0.5, 0.6) is 0 Å². The number of hydrogen-bond acceptors (Lipinski definition) is 3. The third kappa shape index (κ3) is 3.72. The fraction of sp³-hybridized carbons (Fsp3) is 0.240. The Morgan fingerprint density at radius 2 is 1.68 bits per heavy atom. The molecule has 0 saturated heterocycles. The summed E-state index contributed by atoms with van der Waals surface area (Å²) in [5.41, 5.74) is 5.19. The zero-order valence-electron chi connectivity index (χ0n) is 18.2. The largest absolute Gasteiger partial charge is 0.311 e. The predicted molar refractivity (Wildman–Crippen MR) is 124 cm³/mol. The zero-order valence-corrected chi connectivity index (χ0v) is 19.0. The Kier molecular flexibility index (Phi) is 5.35. The molecule has 3 aromatic rings. The van der Waals surface area contributed by atoms with Gasteiger partial charge in [-0.15, -0.1) is 0 Å². The van der Waals surface area contributed by atoms with Crippen LogP contribution < -0.4 is 9.21 Å². The number of carbonyl (C=O) groups is 1. The van der Waals surface area contributed by atoms with Crippen molar-refractivity contribution in [2.45, 2.75) is 38.1 Å². The van der Waals surface area contributed by atoms with E-state index < -0.39 is 10.0 Å². The second-order valence-electron chi connectivity index (χ2n) is 8.14. The Balaban J connectivity index is 1.66. The minimum atomic E-state index is -3.66. The summed E-state index contributed by atoms with van der Waals surface area (Å²) in [5.74, 6) is -0.122. The lowest BCUT2D eigenvalue weighted by molar-refractivity contribution is 0.0993. The molecule has 1 aliphatic heterocycles. The van der Waals surface area contributed by atoms with E-state index in [4.69, 9.17) is 0 Å². The van der Waals surface area contributed by atoms with Crippen molar-refractivity contribution in [1.82, 2.24) is 0 Å². The van der Waals surface area contributed by atoms with Gasteiger partial charge in [0.05, 0.1) is 10.6 Å². The van der Waals surface area contributed by atoms with E-state index in [1.165, 1.54) is 9.87 Å². The number of fused-ring (bicyclic) bond motifs is 1. The molecule has 0 saturated carbocycles. The average molecular weight is 435 g/mol. The van der Waals surface area contributed by atoms with Gasteiger partial charge in [0, 0.05) is 24.3 Å². The number of benzene rings is 3. The van der Waals surface area contributed by atoms with E-state index in [0.29, 0.717) is 17.7 Å². The van der Waals surface area contributed by atoms with E-state index in [2.05, 4.69) is 0 Å². The second kappa shape index (κ2) is 7.85. The molecule has 160 valence electrons. The summed E-state index contributed by atoms with van der Waals surface area (Å²) in [5, 5.41) is 0. The zero-order chi connectivity index (χ0) is 22.3. The molecular formula is C25H26N2O3S. The molecule has 0 bridgehead atoms. The molecule has 0 aliphatic carbocycles. The molecule has 1 unspecified atom stereocenters. The van der Waals surface area contributed by atoms with Crippen molar-refractivity contribution in [3.63, 3.8) is 0 Å². The van der Waals surface area contributed by atoms with Crippen LogP contribution in [-0.4, -0.2) is 27.4 Å². The Morgan fingerprint density at radius 3 is 2.35 bits per heavy atom. The maximum absolute atomic E-state index is 13.2. The molecule has 1 aliphatic rings. The fourth-order valence-electron chi connectivity index (χ4n) is 4.05. The normalized spacial score (nSPS) is 15.6. The van der Waals surface area contributed by atoms with Gasteiger partial charge in [0.2, 0.25) is 0 Å². The Labute approximate surface area is 184 Å². The van der Waals surface area contributed by atoms with Crippen molar-refractivity contribution < 1.29 is 13.2 Å². The molecule has 0 aromatic heterocycles. The Bertz CT molecular complexity index is 1250. The molecule has 1 atom stereocenters. The lowest BCUT2D eigenvalue weighted by Crippen LogP contribution is -2.35. The summed E-state index contributed by atoms with van der Waals surface area (Å²) in [6, 6.07) is 19.5. The third-order valence-electron chi connectivity index (χ3n) is 5.96. The molecule has 31 heavy (non-hydrogen) atoms. The molecule has 1 amide bonds. The number of nitrogens with zero attached hydrogens (tertiary/aromatic N) is 2. The van der Waals surface area contributed by atoms with Crippen LogP contribution in [0.3, 0.4) is 0 Å². The Morgan fingerprint density at radius 1 is 0.968 bits per heavy atom. The van der Waals surface area contributed by atoms with E-state index in [1.54, 1.807) is 54.4 Å². The van der Waals surface area contributed by atoms with Crippen LogP contribution in [0, 0.1) is 13.8 Å². The summed E-state index contributed by atoms with van der Waals surface area (Å²) in [4.78, 5) is 15.0. The van der Waals surface area contributed by atoms with Crippen molar-refractivity contribution in [2.24, 2.45) is 0 Å². The van der Waals surface area contributed by atoms with Crippen LogP contribution in [0.25, 0.3) is 0 Å². The first-order valence-electron chi connectivity index (χ1n) is 10.3. The van der Waals surface area contributed by atoms with Crippen LogP contribution in [0.15, 0.2) is 71.6 Å². The van der Waals surface area contributed by atoms with Crippen molar-refractivity contribution in [2.75, 3.05) is 16.3 Å². The number of aryl methyl sites for hydroxylation is 2. The Hall–Kier alpha value is -3.12. The summed E-state index contributed by atoms with van der Waals surface area (Å²) < 4.78 is 27.9. The molecular weight excluding hydrogens is 408 g/mol. The van der Waals surface area contributed by atoms with Gasteiger partial charge in [0.1, 0.15) is 0 Å². The van der Waals surface area contributed by atoms with Crippen molar-refractivity contribution in [3.8, 4) is 0 Å². The number of anilines is 2. The summed E-state index contributed by atoms with van der Waals surface area (Å²) >= 11 is 0. The third-order valence-corrected chi connectivity index (χ3v) is 7.90. The lowest BCUT2D eigenvalue weighted by Gasteiger charge is -2.24. The molecule has 0 radical (unpaired) electrons. The number of rotatable bonds is 4. The molecule has 4 rings (SSSR count). The van der Waals surface area contributed by atoms with Crippen molar-refractivity contribution >= 4 is 27.3 Å². The molecule has 0 N–H and O–H groups in total. The standard InChI is InChI=1S/C25H26N2O3S/c1-17-10-12-22(14-18(17)2)26(4)25(28)20-11-13-24-21(16-20)15-19(3)27(24)31(29,30)23-8-6-5-7-9-23/h5-14,16,19H,15H2,1-4H3. The van der Waals surface area contributed by atoms with Gasteiger partial charge in [-0.1, -0.05) is 24.3 Å². The average Bonchev–Trinajstić information content (AvgIpc) is 3.10. The fourth-order valence-corrected chi connectivity index (χ4v) is 5.77. The topological polar surface area (TPSA) is 57.7 Å². The number of carbonyl (C=O) groups excluding carboxylic acids is 1. The minimum absolute atomic E-state index is 0.122. The molecule has 5 nitrogen and oxygen atoms in total. The maximum Gasteiger partial charge on any atom is 0.264 e. The van der Waals surface area contributed by atoms with Crippen LogP contribution in [0.2, 0.25) is 0 Å². The van der Waals surface area contributed by atoms with E-state index >= 15 is 0 Å². The molecule has 1 heterocycles. The van der Waals surface area contributed by atoms with Crippen LogP contribution in [0.1, 0.15) is 34.0 Å². The number of amides is 1. The van der Waals surface area contributed by atoms with E-state index in [-0.39, 0.29) is 16.8 Å². The van der Waals surface area contributed by atoms with Crippen LogP contribution in [0.4, 0.5) is 11.4 Å². The van der Waals surface area contributed by atoms with Gasteiger partial charge in [-0.3, -0.25) is 9.10 Å². The van der Waals surface area contributed by atoms with Crippen LogP contribution in [-0.2, 0) is 16.4 Å². The molecule has 0 fully saturated rings. The first-order valence-corrected chi connectivity index (χ1v) is 11.7. The van der Waals surface area contributed by atoms with Gasteiger partial charge in [-0.2, -0.15) is 0 Å². The van der Waals surface area contributed by atoms with E-state index in [1.807, 2.05) is 45.0 Å². The highest BCUT2D eigenvalue weighted by molar-refractivity contribution is 7.92.